The first-order valence-corrected chi connectivity index (χ1v) is 6.68. The third-order valence-electron chi connectivity index (χ3n) is 2.93. The van der Waals surface area contributed by atoms with Crippen molar-refractivity contribution in [2.24, 2.45) is 5.73 Å². The molecule has 1 aromatic rings. The molecule has 0 radical (unpaired) electrons. The Labute approximate surface area is 128 Å². The molecule has 22 heavy (non-hydrogen) atoms. The van der Waals surface area contributed by atoms with Crippen molar-refractivity contribution >= 4 is 23.5 Å². The van der Waals surface area contributed by atoms with E-state index in [1.165, 1.54) is 6.07 Å². The van der Waals surface area contributed by atoms with Crippen molar-refractivity contribution in [3.63, 3.8) is 0 Å². The molecule has 122 valence electrons. The highest BCUT2D eigenvalue weighted by molar-refractivity contribution is 6.33. The number of anilines is 1. The summed E-state index contributed by atoms with van der Waals surface area (Å²) in [7, 11) is 0. The van der Waals surface area contributed by atoms with Crippen LogP contribution in [0.25, 0.3) is 0 Å². The summed E-state index contributed by atoms with van der Waals surface area (Å²) in [4.78, 5) is 16.5. The summed E-state index contributed by atoms with van der Waals surface area (Å²) in [6.45, 7) is -0.519. The number of aromatic nitrogens is 1. The van der Waals surface area contributed by atoms with Crippen LogP contribution in [0.3, 0.4) is 0 Å². The van der Waals surface area contributed by atoms with Crippen LogP contribution in [0.2, 0.25) is 5.02 Å². The largest absolute Gasteiger partial charge is 0.482 e. The molecule has 0 aliphatic carbocycles. The van der Waals surface area contributed by atoms with E-state index in [0.29, 0.717) is 25.3 Å². The van der Waals surface area contributed by atoms with E-state index in [-0.39, 0.29) is 16.9 Å². The Hall–Kier alpha value is -1.90. The van der Waals surface area contributed by atoms with E-state index >= 15 is 0 Å². The number of halogens is 4. The van der Waals surface area contributed by atoms with Gasteiger partial charge in [0.2, 0.25) is 0 Å². The predicted octanol–water partition coefficient (Wildman–Crippen LogP) is 2.35. The molecule has 1 saturated heterocycles. The summed E-state index contributed by atoms with van der Waals surface area (Å²) < 4.78 is 45.7. The Morgan fingerprint density at radius 3 is 2.86 bits per heavy atom. The van der Waals surface area contributed by atoms with Crippen LogP contribution >= 0.6 is 11.6 Å². The molecule has 1 aromatic heterocycles. The lowest BCUT2D eigenvalue weighted by Gasteiger charge is -2.19. The van der Waals surface area contributed by atoms with E-state index in [1.54, 1.807) is 4.90 Å². The Bertz CT molecular complexity index is 556. The number of carbonyl (C=O) groups excluding carboxylic acids is 1. The van der Waals surface area contributed by atoms with Crippen LogP contribution in [-0.2, 0) is 4.74 Å². The molecule has 2 heterocycles. The smallest absolute Gasteiger partial charge is 0.422 e. The molecule has 10 heteroatoms. The lowest BCUT2D eigenvalue weighted by atomic mass is 10.3. The first-order valence-electron chi connectivity index (χ1n) is 6.31. The highest BCUT2D eigenvalue weighted by atomic mass is 35.5. The second kappa shape index (κ2) is 6.47. The van der Waals surface area contributed by atoms with Crippen LogP contribution in [0.1, 0.15) is 6.42 Å². The molecule has 0 bridgehead atoms. The molecule has 0 saturated carbocycles. The molecule has 2 rings (SSSR count). The summed E-state index contributed by atoms with van der Waals surface area (Å²) >= 11 is 6.02. The number of hydrogen-bond donors (Lipinski definition) is 1. The molecule has 0 aromatic carbocycles. The molecule has 1 aliphatic rings. The number of pyridine rings is 1. The second-order valence-electron chi connectivity index (χ2n) is 4.67. The minimum atomic E-state index is -4.43. The van der Waals surface area contributed by atoms with Gasteiger partial charge in [0.05, 0.1) is 17.8 Å². The summed E-state index contributed by atoms with van der Waals surface area (Å²) in [5.74, 6) is 0.312. The number of rotatable bonds is 4. The van der Waals surface area contributed by atoms with Gasteiger partial charge in [-0.1, -0.05) is 11.6 Å². The van der Waals surface area contributed by atoms with Gasteiger partial charge in [-0.2, -0.15) is 13.2 Å². The molecule has 1 aliphatic heterocycles. The van der Waals surface area contributed by atoms with Crippen molar-refractivity contribution in [3.8, 4) is 5.75 Å². The van der Waals surface area contributed by atoms with E-state index in [1.807, 2.05) is 0 Å². The van der Waals surface area contributed by atoms with Gasteiger partial charge in [0.25, 0.3) is 0 Å². The standard InChI is InChI=1S/C12H13ClF3N3O3/c13-9-3-8(21-6-12(14,15)16)4-18-10(9)19-2-1-7(5-19)22-11(17)20/h3-4,7H,1-2,5-6H2,(H2,17,20). The first-order chi connectivity index (χ1) is 10.2. The highest BCUT2D eigenvalue weighted by Gasteiger charge is 2.29. The number of carbonyl (C=O) groups is 1. The second-order valence-corrected chi connectivity index (χ2v) is 5.08. The molecule has 0 spiro atoms. The number of alkyl halides is 3. The zero-order valence-corrected chi connectivity index (χ0v) is 12.0. The van der Waals surface area contributed by atoms with E-state index in [0.717, 1.165) is 6.20 Å². The van der Waals surface area contributed by atoms with Gasteiger partial charge in [0, 0.05) is 19.0 Å². The molecule has 6 nitrogen and oxygen atoms in total. The maximum atomic E-state index is 12.1. The van der Waals surface area contributed by atoms with Crippen molar-refractivity contribution in [3.05, 3.63) is 17.3 Å². The molecule has 1 fully saturated rings. The van der Waals surface area contributed by atoms with Crippen molar-refractivity contribution in [2.75, 3.05) is 24.6 Å². The third-order valence-corrected chi connectivity index (χ3v) is 3.20. The van der Waals surface area contributed by atoms with E-state index in [9.17, 15) is 18.0 Å². The van der Waals surface area contributed by atoms with Gasteiger partial charge in [0.1, 0.15) is 17.7 Å². The molecular weight excluding hydrogens is 327 g/mol. The fourth-order valence-corrected chi connectivity index (χ4v) is 2.35. The Kier molecular flexibility index (Phi) is 4.84. The maximum absolute atomic E-state index is 12.1. The minimum absolute atomic E-state index is 0.0739. The SMILES string of the molecule is NC(=O)OC1CCN(c2ncc(OCC(F)(F)F)cc2Cl)C1. The number of amides is 1. The average Bonchev–Trinajstić information content (AvgIpc) is 2.83. The van der Waals surface area contributed by atoms with E-state index < -0.39 is 18.9 Å². The molecule has 1 atom stereocenters. The highest BCUT2D eigenvalue weighted by Crippen LogP contribution is 2.30. The van der Waals surface area contributed by atoms with Crippen LogP contribution in [0.4, 0.5) is 23.8 Å². The number of nitrogens with two attached hydrogens (primary N) is 1. The number of primary amides is 1. The van der Waals surface area contributed by atoms with Crippen LogP contribution in [0, 0.1) is 0 Å². The Morgan fingerprint density at radius 1 is 1.55 bits per heavy atom. The van der Waals surface area contributed by atoms with Crippen molar-refractivity contribution in [1.29, 1.82) is 0 Å². The van der Waals surface area contributed by atoms with Crippen LogP contribution in [-0.4, -0.2) is 43.1 Å². The summed E-state index contributed by atoms with van der Waals surface area (Å²) in [6.07, 6.45) is -3.93. The molecular formula is C12H13ClF3N3O3. The van der Waals surface area contributed by atoms with Crippen LogP contribution in [0.5, 0.6) is 5.75 Å². The van der Waals surface area contributed by atoms with Crippen LogP contribution < -0.4 is 15.4 Å². The van der Waals surface area contributed by atoms with Crippen molar-refractivity contribution in [2.45, 2.75) is 18.7 Å². The number of nitrogens with zero attached hydrogens (tertiary/aromatic N) is 2. The Balaban J connectivity index is 2.00. The van der Waals surface area contributed by atoms with Gasteiger partial charge < -0.3 is 20.1 Å². The Morgan fingerprint density at radius 2 is 2.27 bits per heavy atom. The lowest BCUT2D eigenvalue weighted by Crippen LogP contribution is -2.27. The number of ether oxygens (including phenoxy) is 2. The van der Waals surface area contributed by atoms with Gasteiger partial charge in [-0.15, -0.1) is 0 Å². The predicted molar refractivity (Wildman–Crippen MR) is 72.1 cm³/mol. The summed E-state index contributed by atoms with van der Waals surface area (Å²) in [6, 6.07) is 1.26. The quantitative estimate of drug-likeness (QED) is 0.911. The summed E-state index contributed by atoms with van der Waals surface area (Å²) in [5, 5.41) is 0.152. The van der Waals surface area contributed by atoms with Crippen molar-refractivity contribution in [1.82, 2.24) is 4.98 Å². The number of hydrogen-bond acceptors (Lipinski definition) is 5. The molecule has 2 N–H and O–H groups in total. The fourth-order valence-electron chi connectivity index (χ4n) is 2.07. The zero-order chi connectivity index (χ0) is 16.3. The van der Waals surface area contributed by atoms with Crippen molar-refractivity contribution < 1.29 is 27.4 Å². The first kappa shape index (κ1) is 16.5. The van der Waals surface area contributed by atoms with Gasteiger partial charge in [0.15, 0.2) is 6.61 Å². The zero-order valence-electron chi connectivity index (χ0n) is 11.3. The average molecular weight is 340 g/mol. The summed E-state index contributed by atoms with van der Waals surface area (Å²) in [5.41, 5.74) is 4.94. The maximum Gasteiger partial charge on any atom is 0.422 e. The fraction of sp³-hybridized carbons (Fsp3) is 0.500. The van der Waals surface area contributed by atoms with Gasteiger partial charge >= 0.3 is 12.3 Å². The van der Waals surface area contributed by atoms with E-state index in [2.05, 4.69) is 9.72 Å². The normalized spacial score (nSPS) is 18.4. The van der Waals surface area contributed by atoms with E-state index in [4.69, 9.17) is 22.1 Å². The lowest BCUT2D eigenvalue weighted by molar-refractivity contribution is -0.153. The molecule has 1 unspecified atom stereocenters. The topological polar surface area (TPSA) is 77.7 Å². The van der Waals surface area contributed by atoms with Gasteiger partial charge in [-0.05, 0) is 0 Å². The minimum Gasteiger partial charge on any atom is -0.482 e. The van der Waals surface area contributed by atoms with Gasteiger partial charge in [-0.25, -0.2) is 9.78 Å². The van der Waals surface area contributed by atoms with Gasteiger partial charge in [-0.3, -0.25) is 0 Å². The molecule has 1 amide bonds. The third kappa shape index (κ3) is 4.55. The monoisotopic (exact) mass is 339 g/mol. The van der Waals surface area contributed by atoms with Crippen LogP contribution in [0.15, 0.2) is 12.3 Å².